The lowest BCUT2D eigenvalue weighted by molar-refractivity contribution is 0.590. The molecule has 2 aromatic carbocycles. The largest absolute Gasteiger partial charge is 0.306 e. The van der Waals surface area contributed by atoms with E-state index >= 15 is 0 Å². The molecule has 4 aromatic rings. The first-order chi connectivity index (χ1) is 12.8. The molecule has 27 heavy (non-hydrogen) atoms. The first kappa shape index (κ1) is 17.7. The normalized spacial score (nSPS) is 11.9. The Labute approximate surface area is 162 Å². The van der Waals surface area contributed by atoms with Gasteiger partial charge < -0.3 is 4.98 Å². The highest BCUT2D eigenvalue weighted by Crippen LogP contribution is 2.33. The third kappa shape index (κ3) is 3.21. The summed E-state index contributed by atoms with van der Waals surface area (Å²) in [5, 5.41) is 2.70. The molecule has 0 aliphatic heterocycles. The lowest BCUT2D eigenvalue weighted by Gasteiger charge is -2.19. The summed E-state index contributed by atoms with van der Waals surface area (Å²) >= 11 is 1.52. The minimum atomic E-state index is -0.0885. The van der Waals surface area contributed by atoms with Gasteiger partial charge in [-0.2, -0.15) is 0 Å². The van der Waals surface area contributed by atoms with Crippen LogP contribution in [0.3, 0.4) is 0 Å². The number of rotatable bonds is 2. The molecule has 2 aromatic heterocycles. The molecule has 0 unspecified atom stereocenters. The van der Waals surface area contributed by atoms with E-state index in [0.717, 1.165) is 27.1 Å². The Bertz CT molecular complexity index is 1180. The molecule has 0 radical (unpaired) electrons. The van der Waals surface area contributed by atoms with Crippen LogP contribution in [0.15, 0.2) is 58.7 Å². The molecule has 0 fully saturated rings. The van der Waals surface area contributed by atoms with Crippen molar-refractivity contribution in [2.45, 2.75) is 33.1 Å². The number of H-pyrrole nitrogens is 1. The highest BCUT2D eigenvalue weighted by atomic mass is 32.1. The van der Waals surface area contributed by atoms with E-state index in [2.05, 4.69) is 50.0 Å². The smallest absolute Gasteiger partial charge is 0.260 e. The number of aromatic amines is 1. The summed E-state index contributed by atoms with van der Waals surface area (Å²) in [6, 6.07) is 16.4. The Balaban J connectivity index is 1.83. The van der Waals surface area contributed by atoms with E-state index in [0.29, 0.717) is 11.2 Å². The number of aryl methyl sites for hydroxylation is 1. The number of fused-ring (bicyclic) bond motifs is 1. The molecule has 136 valence electrons. The van der Waals surface area contributed by atoms with Crippen LogP contribution in [-0.4, -0.2) is 9.97 Å². The second-order valence-corrected chi connectivity index (χ2v) is 8.74. The van der Waals surface area contributed by atoms with Crippen molar-refractivity contribution < 1.29 is 0 Å². The molecule has 0 spiro atoms. The monoisotopic (exact) mass is 374 g/mol. The highest BCUT2D eigenvalue weighted by molar-refractivity contribution is 7.17. The van der Waals surface area contributed by atoms with Gasteiger partial charge in [-0.05, 0) is 29.0 Å². The SMILES string of the molecule is Cc1ccccc1-c1nc2scc(-c3ccc(C(C)(C)C)cc3)c2c(=O)[nH]1. The molecule has 4 heteroatoms. The zero-order valence-corrected chi connectivity index (χ0v) is 16.8. The minimum absolute atomic E-state index is 0.0885. The lowest BCUT2D eigenvalue weighted by Crippen LogP contribution is -2.11. The number of aromatic nitrogens is 2. The number of nitrogens with one attached hydrogen (secondary N) is 1. The number of hydrogen-bond donors (Lipinski definition) is 1. The van der Waals surface area contributed by atoms with E-state index in [9.17, 15) is 4.79 Å². The number of thiophene rings is 1. The summed E-state index contributed by atoms with van der Waals surface area (Å²) < 4.78 is 0. The van der Waals surface area contributed by atoms with E-state index in [1.54, 1.807) is 0 Å². The third-order valence-corrected chi connectivity index (χ3v) is 5.78. The van der Waals surface area contributed by atoms with Gasteiger partial charge in [0.2, 0.25) is 0 Å². The average molecular weight is 375 g/mol. The van der Waals surface area contributed by atoms with Crippen LogP contribution in [0, 0.1) is 6.92 Å². The maximum Gasteiger partial charge on any atom is 0.260 e. The van der Waals surface area contributed by atoms with Gasteiger partial charge >= 0.3 is 0 Å². The van der Waals surface area contributed by atoms with Crippen molar-refractivity contribution in [2.75, 3.05) is 0 Å². The Morgan fingerprint density at radius 3 is 2.33 bits per heavy atom. The summed E-state index contributed by atoms with van der Waals surface area (Å²) in [7, 11) is 0. The molecule has 0 atom stereocenters. The summed E-state index contributed by atoms with van der Waals surface area (Å²) in [6.45, 7) is 8.62. The number of hydrogen-bond acceptors (Lipinski definition) is 3. The zero-order chi connectivity index (χ0) is 19.2. The molecule has 3 nitrogen and oxygen atoms in total. The van der Waals surface area contributed by atoms with Crippen LogP contribution in [0.5, 0.6) is 0 Å². The summed E-state index contributed by atoms with van der Waals surface area (Å²) in [5.41, 5.74) is 5.34. The average Bonchev–Trinajstić information content (AvgIpc) is 3.06. The molecule has 2 heterocycles. The predicted octanol–water partition coefficient (Wildman–Crippen LogP) is 5.92. The van der Waals surface area contributed by atoms with Crippen LogP contribution in [0.4, 0.5) is 0 Å². The lowest BCUT2D eigenvalue weighted by atomic mass is 9.86. The van der Waals surface area contributed by atoms with Gasteiger partial charge in [0.1, 0.15) is 10.7 Å². The minimum Gasteiger partial charge on any atom is -0.306 e. The van der Waals surface area contributed by atoms with E-state index in [1.807, 2.05) is 36.6 Å². The van der Waals surface area contributed by atoms with Crippen molar-refractivity contribution >= 4 is 21.6 Å². The van der Waals surface area contributed by atoms with Gasteiger partial charge in [-0.25, -0.2) is 4.98 Å². The molecule has 0 saturated heterocycles. The fraction of sp³-hybridized carbons (Fsp3) is 0.217. The van der Waals surface area contributed by atoms with Crippen LogP contribution in [0.1, 0.15) is 31.9 Å². The van der Waals surface area contributed by atoms with E-state index < -0.39 is 0 Å². The summed E-state index contributed by atoms with van der Waals surface area (Å²) in [5.74, 6) is 0.627. The predicted molar refractivity (Wildman–Crippen MR) is 115 cm³/mol. The second kappa shape index (κ2) is 6.46. The van der Waals surface area contributed by atoms with E-state index in [-0.39, 0.29) is 11.0 Å². The fourth-order valence-electron chi connectivity index (χ4n) is 3.28. The molecule has 0 aliphatic carbocycles. The molecule has 0 aliphatic rings. The maximum absolute atomic E-state index is 12.9. The highest BCUT2D eigenvalue weighted by Gasteiger charge is 2.16. The van der Waals surface area contributed by atoms with Crippen molar-refractivity contribution in [3.8, 4) is 22.5 Å². The van der Waals surface area contributed by atoms with Crippen molar-refractivity contribution in [3.05, 3.63) is 75.4 Å². The molecule has 1 N–H and O–H groups in total. The molecule has 0 amide bonds. The first-order valence-corrected chi connectivity index (χ1v) is 9.91. The summed E-state index contributed by atoms with van der Waals surface area (Å²) in [6.07, 6.45) is 0. The van der Waals surface area contributed by atoms with Gasteiger partial charge in [0.15, 0.2) is 0 Å². The van der Waals surface area contributed by atoms with Gasteiger partial charge in [-0.15, -0.1) is 11.3 Å². The van der Waals surface area contributed by atoms with Gasteiger partial charge in [-0.1, -0.05) is 69.3 Å². The summed E-state index contributed by atoms with van der Waals surface area (Å²) in [4.78, 5) is 21.4. The van der Waals surface area contributed by atoms with Crippen LogP contribution in [0.25, 0.3) is 32.7 Å². The van der Waals surface area contributed by atoms with Gasteiger partial charge in [0.05, 0.1) is 5.39 Å². The van der Waals surface area contributed by atoms with Crippen LogP contribution in [-0.2, 0) is 5.41 Å². The Morgan fingerprint density at radius 2 is 1.67 bits per heavy atom. The van der Waals surface area contributed by atoms with Crippen LogP contribution >= 0.6 is 11.3 Å². The van der Waals surface area contributed by atoms with E-state index in [1.165, 1.54) is 16.9 Å². The Kier molecular flexibility index (Phi) is 4.23. The Hall–Kier alpha value is -2.72. The third-order valence-electron chi connectivity index (χ3n) is 4.91. The van der Waals surface area contributed by atoms with Crippen molar-refractivity contribution in [2.24, 2.45) is 0 Å². The van der Waals surface area contributed by atoms with Gasteiger partial charge in [0.25, 0.3) is 5.56 Å². The van der Waals surface area contributed by atoms with Crippen molar-refractivity contribution in [1.29, 1.82) is 0 Å². The second-order valence-electron chi connectivity index (χ2n) is 7.89. The van der Waals surface area contributed by atoms with Crippen molar-refractivity contribution in [1.82, 2.24) is 9.97 Å². The molecule has 4 rings (SSSR count). The molecule has 0 saturated carbocycles. The number of nitrogens with zero attached hydrogens (tertiary/aromatic N) is 1. The fourth-order valence-corrected chi connectivity index (χ4v) is 4.23. The topological polar surface area (TPSA) is 45.8 Å². The first-order valence-electron chi connectivity index (χ1n) is 9.03. The Morgan fingerprint density at radius 1 is 0.963 bits per heavy atom. The molecular weight excluding hydrogens is 352 g/mol. The molecular formula is C23H22N2OS. The van der Waals surface area contributed by atoms with Crippen molar-refractivity contribution in [3.63, 3.8) is 0 Å². The van der Waals surface area contributed by atoms with Gasteiger partial charge in [0, 0.05) is 16.5 Å². The zero-order valence-electron chi connectivity index (χ0n) is 16.0. The maximum atomic E-state index is 12.9. The van der Waals surface area contributed by atoms with E-state index in [4.69, 9.17) is 4.98 Å². The quantitative estimate of drug-likeness (QED) is 0.473. The number of benzene rings is 2. The van der Waals surface area contributed by atoms with Crippen LogP contribution in [0.2, 0.25) is 0 Å². The van der Waals surface area contributed by atoms with Crippen LogP contribution < -0.4 is 5.56 Å². The van der Waals surface area contributed by atoms with Gasteiger partial charge in [-0.3, -0.25) is 4.79 Å². The molecule has 0 bridgehead atoms. The standard InChI is InChI=1S/C23H22N2OS/c1-14-7-5-6-8-17(14)20-24-21(26)19-18(13-27-22(19)25-20)15-9-11-16(12-10-15)23(2,3)4/h5-13H,1-4H3,(H,24,25,26).